The van der Waals surface area contributed by atoms with E-state index in [9.17, 15) is 14.3 Å². The third-order valence-corrected chi connectivity index (χ3v) is 8.57. The number of carbonyl (C=O) groups excluding carboxylic acids is 1. The molecule has 0 bridgehead atoms. The minimum Gasteiger partial charge on any atom is -0.391 e. The first-order chi connectivity index (χ1) is 19.4. The van der Waals surface area contributed by atoms with Gasteiger partial charge in [-0.2, -0.15) is 4.52 Å². The molecule has 2 aliphatic rings. The number of piperazine rings is 1. The van der Waals surface area contributed by atoms with Crippen LogP contribution in [-0.2, 0) is 11.2 Å². The van der Waals surface area contributed by atoms with Crippen molar-refractivity contribution in [3.05, 3.63) is 53.3 Å². The van der Waals surface area contributed by atoms with Crippen molar-refractivity contribution < 1.29 is 14.3 Å². The van der Waals surface area contributed by atoms with Gasteiger partial charge in [-0.05, 0) is 49.2 Å². The summed E-state index contributed by atoms with van der Waals surface area (Å²) in [7, 11) is 1.97. The number of amides is 1. The Bertz CT molecular complexity index is 1500. The Morgan fingerprint density at radius 2 is 1.88 bits per heavy atom. The van der Waals surface area contributed by atoms with Crippen molar-refractivity contribution in [1.29, 1.82) is 0 Å². The molecule has 3 aromatic heterocycles. The fourth-order valence-corrected chi connectivity index (χ4v) is 6.16. The Morgan fingerprint density at radius 1 is 1.10 bits per heavy atom. The first kappa shape index (κ1) is 26.6. The molecule has 6 rings (SSSR count). The maximum absolute atomic E-state index is 13.4. The van der Waals surface area contributed by atoms with E-state index in [4.69, 9.17) is 15.1 Å². The highest BCUT2D eigenvalue weighted by molar-refractivity contribution is 7.14. The van der Waals surface area contributed by atoms with Crippen LogP contribution in [0, 0.1) is 5.82 Å². The second kappa shape index (κ2) is 11.1. The number of hydrogen-bond acceptors (Lipinski definition) is 9. The van der Waals surface area contributed by atoms with Crippen LogP contribution in [0.3, 0.4) is 0 Å². The summed E-state index contributed by atoms with van der Waals surface area (Å²) in [5.41, 5.74) is 3.37. The van der Waals surface area contributed by atoms with E-state index in [1.165, 1.54) is 23.5 Å². The number of aliphatic hydroxyl groups excluding tert-OH is 1. The zero-order chi connectivity index (χ0) is 27.8. The topological polar surface area (TPSA) is 93.3 Å². The van der Waals surface area contributed by atoms with Crippen molar-refractivity contribution in [2.75, 3.05) is 62.7 Å². The van der Waals surface area contributed by atoms with Gasteiger partial charge in [0.05, 0.1) is 24.0 Å². The first-order valence-electron chi connectivity index (χ1n) is 13.7. The van der Waals surface area contributed by atoms with E-state index in [2.05, 4.69) is 16.7 Å². The van der Waals surface area contributed by atoms with E-state index in [0.29, 0.717) is 26.1 Å². The number of nitrogens with zero attached hydrogens (tertiary/aromatic N) is 8. The van der Waals surface area contributed by atoms with Crippen molar-refractivity contribution in [1.82, 2.24) is 29.4 Å². The molecule has 2 saturated heterocycles. The third kappa shape index (κ3) is 5.26. The molecular weight excluding hydrogens is 531 g/mol. The largest absolute Gasteiger partial charge is 0.391 e. The molecule has 1 atom stereocenters. The Balaban J connectivity index is 1.19. The van der Waals surface area contributed by atoms with Crippen LogP contribution in [0.2, 0.25) is 0 Å². The van der Waals surface area contributed by atoms with Crippen molar-refractivity contribution in [3.8, 4) is 11.3 Å². The van der Waals surface area contributed by atoms with Gasteiger partial charge in [0.1, 0.15) is 11.6 Å². The predicted octanol–water partition coefficient (Wildman–Crippen LogP) is 3.04. The number of anilines is 3. The number of rotatable bonds is 7. The van der Waals surface area contributed by atoms with Crippen molar-refractivity contribution in [2.24, 2.45) is 0 Å². The van der Waals surface area contributed by atoms with Crippen molar-refractivity contribution >= 4 is 39.7 Å². The summed E-state index contributed by atoms with van der Waals surface area (Å²) >= 11 is 1.52. The van der Waals surface area contributed by atoms with E-state index in [0.717, 1.165) is 72.0 Å². The molecule has 40 heavy (non-hydrogen) atoms. The van der Waals surface area contributed by atoms with Gasteiger partial charge in [-0.25, -0.2) is 14.4 Å². The Labute approximate surface area is 236 Å². The van der Waals surface area contributed by atoms with Crippen LogP contribution in [0.1, 0.15) is 19.0 Å². The Hall–Kier alpha value is -3.61. The molecule has 2 fully saturated rings. The number of aryl methyl sites for hydroxylation is 1. The average Bonchev–Trinajstić information content (AvgIpc) is 3.71. The van der Waals surface area contributed by atoms with Gasteiger partial charge in [-0.3, -0.25) is 9.69 Å². The molecule has 2 aliphatic heterocycles. The minimum absolute atomic E-state index is 0.0903. The zero-order valence-electron chi connectivity index (χ0n) is 22.7. The van der Waals surface area contributed by atoms with Crippen LogP contribution < -0.4 is 9.80 Å². The van der Waals surface area contributed by atoms with Gasteiger partial charge < -0.3 is 19.8 Å². The van der Waals surface area contributed by atoms with Gasteiger partial charge in [0.25, 0.3) is 0 Å². The zero-order valence-corrected chi connectivity index (χ0v) is 23.5. The third-order valence-electron chi connectivity index (χ3n) is 7.65. The normalized spacial score (nSPS) is 18.1. The molecule has 10 nitrogen and oxygen atoms in total. The summed E-state index contributed by atoms with van der Waals surface area (Å²) in [6.45, 7) is 6.61. The molecule has 0 saturated carbocycles. The summed E-state index contributed by atoms with van der Waals surface area (Å²) in [6.07, 6.45) is 1.01. The lowest BCUT2D eigenvalue weighted by Crippen LogP contribution is -2.50. The quantitative estimate of drug-likeness (QED) is 0.366. The first-order valence-corrected chi connectivity index (χ1v) is 14.5. The smallest absolute Gasteiger partial charge is 0.236 e. The maximum atomic E-state index is 13.4. The second-order valence-electron chi connectivity index (χ2n) is 10.3. The molecule has 0 radical (unpaired) electrons. The number of aromatic nitrogens is 4. The number of benzene rings is 1. The highest BCUT2D eigenvalue weighted by atomic mass is 32.1. The molecule has 1 N–H and O–H groups in total. The van der Waals surface area contributed by atoms with E-state index >= 15 is 0 Å². The predicted molar refractivity (Wildman–Crippen MR) is 154 cm³/mol. The number of aliphatic hydroxyl groups is 1. The molecule has 4 aromatic rings. The lowest BCUT2D eigenvalue weighted by Gasteiger charge is -2.35. The molecule has 1 aromatic carbocycles. The number of β-amino-alcohol motifs (C(OH)–C–C–N with tert-alkyl or cyclic N) is 1. The molecule has 1 amide bonds. The lowest BCUT2D eigenvalue weighted by molar-refractivity contribution is -0.131. The van der Waals surface area contributed by atoms with Crippen LogP contribution in [0.15, 0.2) is 41.8 Å². The van der Waals surface area contributed by atoms with Gasteiger partial charge in [0, 0.05) is 57.3 Å². The Kier molecular flexibility index (Phi) is 7.39. The van der Waals surface area contributed by atoms with Crippen LogP contribution in [0.25, 0.3) is 16.9 Å². The number of fused-ring (bicyclic) bond motifs is 1. The number of likely N-dealkylation sites (tertiary alicyclic amines) is 1. The number of halogens is 1. The van der Waals surface area contributed by atoms with E-state index in [-0.39, 0.29) is 11.7 Å². The number of thiazole rings is 1. The molecule has 210 valence electrons. The highest BCUT2D eigenvalue weighted by Gasteiger charge is 2.28. The Morgan fingerprint density at radius 3 is 2.58 bits per heavy atom. The monoisotopic (exact) mass is 564 g/mol. The van der Waals surface area contributed by atoms with E-state index in [1.54, 1.807) is 17.0 Å². The van der Waals surface area contributed by atoms with Gasteiger partial charge in [-0.15, -0.1) is 16.4 Å². The summed E-state index contributed by atoms with van der Waals surface area (Å²) in [5.74, 6) is 1.56. The van der Waals surface area contributed by atoms with Crippen LogP contribution in [0.5, 0.6) is 0 Å². The molecule has 0 aliphatic carbocycles. The average molecular weight is 565 g/mol. The number of hydrogen-bond donors (Lipinski definition) is 1. The molecular formula is C28H33FN8O2S. The minimum atomic E-state index is -0.394. The molecule has 12 heteroatoms. The summed E-state index contributed by atoms with van der Waals surface area (Å²) in [6, 6.07) is 10.4. The summed E-state index contributed by atoms with van der Waals surface area (Å²) < 4.78 is 15.3. The lowest BCUT2D eigenvalue weighted by atomic mass is 10.2. The fourth-order valence-electron chi connectivity index (χ4n) is 5.36. The number of imidazole rings is 1. The van der Waals surface area contributed by atoms with Crippen LogP contribution >= 0.6 is 11.3 Å². The number of carbonyl (C=O) groups is 1. The van der Waals surface area contributed by atoms with Crippen molar-refractivity contribution in [3.63, 3.8) is 0 Å². The fraction of sp³-hybridized carbons (Fsp3) is 0.429. The summed E-state index contributed by atoms with van der Waals surface area (Å²) in [4.78, 5) is 30.5. The second-order valence-corrected chi connectivity index (χ2v) is 11.2. The van der Waals surface area contributed by atoms with Crippen LogP contribution in [-0.4, -0.2) is 99.4 Å². The summed E-state index contributed by atoms with van der Waals surface area (Å²) in [5, 5.41) is 17.5. The molecule has 0 spiro atoms. The van der Waals surface area contributed by atoms with Crippen molar-refractivity contribution in [2.45, 2.75) is 25.9 Å². The van der Waals surface area contributed by atoms with Gasteiger partial charge in [-0.1, -0.05) is 6.92 Å². The molecule has 5 heterocycles. The molecule has 0 unspecified atom stereocenters. The van der Waals surface area contributed by atoms with Crippen LogP contribution in [0.4, 0.5) is 21.2 Å². The van der Waals surface area contributed by atoms with Gasteiger partial charge in [0.2, 0.25) is 5.91 Å². The standard InChI is InChI=1S/C28H33FN8O2S/c1-3-22-27(33(2)28-31-23(18-40-28)19-4-6-20(29)7-5-19)37-24(30-22)8-9-25(32-37)35-14-12-34(13-15-35)17-26(39)36-11-10-21(38)16-36/h4-9,18,21,38H,3,10-17H2,1-2H3/t21-/m1/s1. The van der Waals surface area contributed by atoms with Gasteiger partial charge >= 0.3 is 0 Å². The highest BCUT2D eigenvalue weighted by Crippen LogP contribution is 2.33. The maximum Gasteiger partial charge on any atom is 0.236 e. The SMILES string of the molecule is CCc1nc2ccc(N3CCN(CC(=O)N4CC[C@@H](O)C4)CC3)nn2c1N(C)c1nc(-c2ccc(F)cc2)cs1. The van der Waals surface area contributed by atoms with E-state index in [1.807, 2.05) is 34.0 Å². The van der Waals surface area contributed by atoms with E-state index < -0.39 is 6.10 Å². The van der Waals surface area contributed by atoms with Gasteiger partial charge in [0.15, 0.2) is 16.6 Å².